The van der Waals surface area contributed by atoms with Crippen molar-refractivity contribution in [1.82, 2.24) is 0 Å². The average molecular weight is 1340 g/mol. The van der Waals surface area contributed by atoms with Crippen LogP contribution in [0.25, 0.3) is 0 Å². The first-order valence-electron chi connectivity index (χ1n) is 28.7. The number of carboxylic acids is 2. The molecule has 1 aliphatic carbocycles. The van der Waals surface area contributed by atoms with Crippen LogP contribution < -0.4 is 11.5 Å². The molecule has 21 aliphatic rings. The summed E-state index contributed by atoms with van der Waals surface area (Å²) in [4.78, 5) is 23.3. The number of aliphatic hydroxyl groups is 19. The fraction of sp³-hybridized carbons (Fsp3) is 0.960. The van der Waals surface area contributed by atoms with Crippen molar-refractivity contribution in [2.45, 2.75) is 221 Å². The van der Waals surface area contributed by atoms with Gasteiger partial charge in [-0.15, -0.1) is 0 Å². The Bertz CT molecular complexity index is 2200. The van der Waals surface area contributed by atoms with Crippen molar-refractivity contribution in [3.05, 3.63) is 0 Å². The van der Waals surface area contributed by atoms with Gasteiger partial charge in [-0.2, -0.15) is 23.5 Å². The van der Waals surface area contributed by atoms with Crippen molar-refractivity contribution in [1.29, 1.82) is 0 Å². The number of nitrogens with two attached hydrogens (primary N) is 2. The number of hydrogen-bond donors (Lipinski definition) is 23. The Hall–Kier alpha value is -1.68. The molecule has 14 bridgehead atoms. The second kappa shape index (κ2) is 31.9. The molecule has 37 atom stereocenters. The molecule has 25 N–H and O–H groups in total. The number of carbonyl (C=O) groups is 2. The van der Waals surface area contributed by atoms with Crippen LogP contribution in [0.1, 0.15) is 12.8 Å². The summed E-state index contributed by atoms with van der Waals surface area (Å²) in [6, 6.07) is -2.84. The van der Waals surface area contributed by atoms with Crippen LogP contribution in [0.3, 0.4) is 0 Å². The van der Waals surface area contributed by atoms with Gasteiger partial charge >= 0.3 is 11.9 Å². The van der Waals surface area contributed by atoms with Gasteiger partial charge in [-0.25, -0.2) is 0 Å². The maximum absolute atomic E-state index is 11.9. The largest absolute Gasteiger partial charge is 0.480 e. The van der Waals surface area contributed by atoms with Crippen molar-refractivity contribution in [2.75, 3.05) is 56.0 Å². The number of ether oxygens (including phenoxy) is 12. The topological polar surface area (TPSA) is 622 Å². The van der Waals surface area contributed by atoms with Crippen molar-refractivity contribution in [2.24, 2.45) is 29.2 Å². The first kappa shape index (κ1) is 73.1. The van der Waals surface area contributed by atoms with Crippen LogP contribution in [0, 0.1) is 17.8 Å². The SMILES string of the molecule is N[C@H](CSCC1C[C@@H]2C[C@@H]3C(CO)O[C@@H](O[C@@H]4C(CO)O[C@@H](O[C@@H]5C(CSC[C@@H](N)C(=O)O)O[C@@H](O[C@@H]6C(CO)O[C@H](O[C@@H]7C(CO)O[C@H](O[C@@H]8C(CO)O[C@H](O[C@H]1[C@H](O)C2O)C(O)[C@H]8O)C(O)[C@H]7O)C(O)[C@H]6O)C(O)[C@H]5O)C(O)[C@H]4O)C(O)[C@H]3O)C(=O)O. The summed E-state index contributed by atoms with van der Waals surface area (Å²) in [5.74, 6) is -7.09. The molecule has 1 saturated carbocycles. The minimum Gasteiger partial charge on any atom is -0.480 e. The van der Waals surface area contributed by atoms with E-state index in [4.69, 9.17) is 68.3 Å². The lowest BCUT2D eigenvalue weighted by Crippen LogP contribution is -2.68. The number of aliphatic carboxylic acids is 2. The third-order valence-corrected chi connectivity index (χ3v) is 19.8. The van der Waals surface area contributed by atoms with Crippen LogP contribution in [0.5, 0.6) is 0 Å². The van der Waals surface area contributed by atoms with Crippen LogP contribution >= 0.6 is 23.5 Å². The van der Waals surface area contributed by atoms with Gasteiger partial charge in [0, 0.05) is 23.2 Å². The minimum absolute atomic E-state index is 0.0894. The van der Waals surface area contributed by atoms with Gasteiger partial charge in [-0.3, -0.25) is 9.59 Å². The van der Waals surface area contributed by atoms with E-state index >= 15 is 0 Å². The fourth-order valence-corrected chi connectivity index (χ4v) is 14.5. The van der Waals surface area contributed by atoms with E-state index in [0.717, 1.165) is 23.5 Å². The lowest BCUT2D eigenvalue weighted by atomic mass is 9.70. The van der Waals surface area contributed by atoms with E-state index in [1.165, 1.54) is 0 Å². The molecule has 21 fully saturated rings. The molecule has 0 spiro atoms. The molecule has 516 valence electrons. The molecule has 37 nitrogen and oxygen atoms in total. The van der Waals surface area contributed by atoms with E-state index in [1.807, 2.05) is 0 Å². The fourth-order valence-electron chi connectivity index (χ4n) is 12.3. The summed E-state index contributed by atoms with van der Waals surface area (Å²) in [5, 5.41) is 234. The van der Waals surface area contributed by atoms with Gasteiger partial charge in [0.25, 0.3) is 0 Å². The summed E-state index contributed by atoms with van der Waals surface area (Å²) < 4.78 is 70.5. The Morgan fingerprint density at radius 1 is 0.337 bits per heavy atom. The number of rotatable bonds is 15. The van der Waals surface area contributed by atoms with E-state index in [0.29, 0.717) is 0 Å². The lowest BCUT2D eigenvalue weighted by molar-refractivity contribution is -0.394. The van der Waals surface area contributed by atoms with Gasteiger partial charge in [0.1, 0.15) is 140 Å². The Kier molecular flexibility index (Phi) is 26.2. The molecule has 20 heterocycles. The quantitative estimate of drug-likeness (QED) is 0.0724. The Balaban J connectivity index is 1.11. The maximum atomic E-state index is 11.9. The summed E-state index contributed by atoms with van der Waals surface area (Å²) in [5.41, 5.74) is 11.5. The van der Waals surface area contributed by atoms with Crippen LogP contribution in [0.2, 0.25) is 0 Å². The molecule has 0 radical (unpaired) electrons. The monoisotopic (exact) mass is 1340 g/mol. The summed E-state index contributed by atoms with van der Waals surface area (Å²) in [6.07, 6.45) is -63.5. The van der Waals surface area contributed by atoms with Crippen molar-refractivity contribution in [3.8, 4) is 0 Å². The van der Waals surface area contributed by atoms with E-state index < -0.39 is 271 Å². The predicted octanol–water partition coefficient (Wildman–Crippen LogP) is -13.4. The van der Waals surface area contributed by atoms with Crippen LogP contribution in [0.4, 0.5) is 0 Å². The molecule has 0 aromatic carbocycles. The highest BCUT2D eigenvalue weighted by atomic mass is 32.2. The van der Waals surface area contributed by atoms with E-state index in [9.17, 15) is 117 Å². The first-order chi connectivity index (χ1) is 42.2. The molecular formula is C50H84N2O35S2. The van der Waals surface area contributed by atoms with Gasteiger partial charge in [0.2, 0.25) is 0 Å². The summed E-state index contributed by atoms with van der Waals surface area (Å²) in [7, 11) is 0. The van der Waals surface area contributed by atoms with Crippen molar-refractivity contribution < 1.29 is 174 Å². The van der Waals surface area contributed by atoms with Gasteiger partial charge < -0.3 is 176 Å². The molecule has 89 heavy (non-hydrogen) atoms. The van der Waals surface area contributed by atoms with Gasteiger partial charge in [-0.1, -0.05) is 0 Å². The molecular weight excluding hydrogens is 1250 g/mol. The Labute approximate surface area is 514 Å². The average Bonchev–Trinajstić information content (AvgIpc) is 0.983. The van der Waals surface area contributed by atoms with Crippen molar-refractivity contribution >= 4 is 35.5 Å². The number of aliphatic hydroxyl groups excluding tert-OH is 19. The second-order valence-corrected chi connectivity index (χ2v) is 25.4. The third-order valence-electron chi connectivity index (χ3n) is 17.4. The zero-order valence-electron chi connectivity index (χ0n) is 47.2. The minimum atomic E-state index is -2.24. The molecule has 20 aliphatic heterocycles. The number of hydrogen-bond acceptors (Lipinski definition) is 37. The molecule has 39 heteroatoms. The highest BCUT2D eigenvalue weighted by Crippen LogP contribution is 2.44. The van der Waals surface area contributed by atoms with Crippen LogP contribution in [-0.4, -0.2) is 384 Å². The number of carboxylic acid groups (broad SMARTS) is 2. The molecule has 0 amide bonds. The normalized spacial score (nSPS) is 50.1. The highest BCUT2D eigenvalue weighted by Gasteiger charge is 2.59. The molecule has 0 aromatic heterocycles. The predicted molar refractivity (Wildman–Crippen MR) is 286 cm³/mol. The van der Waals surface area contributed by atoms with Gasteiger partial charge in [-0.05, 0) is 30.4 Å². The van der Waals surface area contributed by atoms with Crippen LogP contribution in [0.15, 0.2) is 0 Å². The summed E-state index contributed by atoms with van der Waals surface area (Å²) in [6.45, 7) is -5.13. The zero-order chi connectivity index (χ0) is 65.2. The van der Waals surface area contributed by atoms with Gasteiger partial charge in [0.15, 0.2) is 37.7 Å². The smallest absolute Gasteiger partial charge is 0.321 e. The standard InChI is InChI=1S/C50H84N2O35S2/c51-15(43(72)73)9-88-8-13-1-12-2-14-17(3-53)76-45(31(66)24(14)59)83-38-19(5-55)80-49(35(70)29(38)64)87-42-22(11-89-10-16(52)44(74)75)81-50(36(71)30(42)65)86-41-21(7-57)79-48(34(69)28(41)63)85-40-20(6-56)78-47(33(68)27(40)62)84-39-18(4-54)77-46(32(67)26(39)61)82-37(13)25(60)23(12)58/h12-42,45-50,53-71H,1-11,51-52H2,(H,72,73)(H,74,75)/t12-,13?,14-,15-,16-,17?,18?,19?,20?,21?,22?,23?,24+,25-,26-,27-,28-,29-,30-,31?,32?,33?,34?,35?,36?,37-,38-,39-,40-,41-,42-,45+,46-,47-,48-,49+,50+/m1/s1. The first-order valence-corrected chi connectivity index (χ1v) is 31.1. The highest BCUT2D eigenvalue weighted by molar-refractivity contribution is 7.99. The zero-order valence-corrected chi connectivity index (χ0v) is 48.9. The van der Waals surface area contributed by atoms with Crippen molar-refractivity contribution in [3.63, 3.8) is 0 Å². The Morgan fingerprint density at radius 2 is 0.607 bits per heavy atom. The third kappa shape index (κ3) is 15.9. The molecule has 20 saturated heterocycles. The molecule has 0 aromatic rings. The number of thioether (sulfide) groups is 2. The van der Waals surface area contributed by atoms with Crippen LogP contribution in [-0.2, 0) is 66.4 Å². The maximum Gasteiger partial charge on any atom is 0.321 e. The Morgan fingerprint density at radius 3 is 0.933 bits per heavy atom. The van der Waals surface area contributed by atoms with E-state index in [1.54, 1.807) is 0 Å². The summed E-state index contributed by atoms with van der Waals surface area (Å²) >= 11 is 1.79. The molecule has 21 rings (SSSR count). The van der Waals surface area contributed by atoms with E-state index in [2.05, 4.69) is 0 Å². The lowest BCUT2D eigenvalue weighted by Gasteiger charge is -2.50. The van der Waals surface area contributed by atoms with Gasteiger partial charge in [0.05, 0.1) is 63.6 Å². The molecule has 14 unspecified atom stereocenters. The van der Waals surface area contributed by atoms with E-state index in [-0.39, 0.29) is 35.9 Å². The second-order valence-electron chi connectivity index (χ2n) is 23.3.